The van der Waals surface area contributed by atoms with E-state index in [9.17, 15) is 47.2 Å². The number of halogens is 4. The van der Waals surface area contributed by atoms with Crippen molar-refractivity contribution >= 4 is 69.8 Å². The number of benzene rings is 3. The van der Waals surface area contributed by atoms with Crippen molar-refractivity contribution in [2.45, 2.75) is 68.7 Å². The summed E-state index contributed by atoms with van der Waals surface area (Å²) in [5, 5.41) is 11.3. The standard InChI is InChI=1S/C43H38F4N8O6S/c44-33-22-28(55-41(62)53(40(61)42(55)12-1-13-42)27-3-2-24(23-48)32(21-27)43(45,46)47)5-7-30(33)37(58)52-18-16-51(17-19-52)25-10-14-50(15-11-25)26-4-6-29-31(20-26)39(60)54(38(29)59)34-8-9-35(56)49-36(34)57/h2-7,20-22,25,34H,1,8-19H2,(H,49,56,57). The third kappa shape index (κ3) is 6.67. The molecule has 0 radical (unpaired) electrons. The molecule has 6 aliphatic rings. The fourth-order valence-electron chi connectivity index (χ4n) is 9.63. The van der Waals surface area contributed by atoms with Crippen molar-refractivity contribution in [3.05, 3.63) is 88.2 Å². The number of piperazine rings is 1. The number of nitrogens with one attached hydrogen (secondary N) is 1. The van der Waals surface area contributed by atoms with Gasteiger partial charge in [0.25, 0.3) is 23.6 Å². The number of fused-ring (bicyclic) bond motifs is 1. The molecule has 14 nitrogen and oxygen atoms in total. The summed E-state index contributed by atoms with van der Waals surface area (Å²) in [4.78, 5) is 87.6. The molecule has 0 bridgehead atoms. The van der Waals surface area contributed by atoms with Gasteiger partial charge in [-0.2, -0.15) is 18.4 Å². The predicted octanol–water partition coefficient (Wildman–Crippen LogP) is 4.60. The van der Waals surface area contributed by atoms with E-state index in [1.165, 1.54) is 29.2 Å². The molecule has 4 saturated heterocycles. The van der Waals surface area contributed by atoms with Gasteiger partial charge in [-0.1, -0.05) is 0 Å². The van der Waals surface area contributed by atoms with Crippen LogP contribution in [0.15, 0.2) is 54.6 Å². The van der Waals surface area contributed by atoms with E-state index < -0.39 is 70.1 Å². The maximum absolute atomic E-state index is 15.9. The van der Waals surface area contributed by atoms with Crippen molar-refractivity contribution in [3.8, 4) is 6.07 Å². The smallest absolute Gasteiger partial charge is 0.371 e. The molecule has 1 saturated carbocycles. The number of thiocarbonyl (C=S) groups is 1. The van der Waals surface area contributed by atoms with E-state index in [0.717, 1.165) is 46.5 Å². The molecule has 62 heavy (non-hydrogen) atoms. The maximum Gasteiger partial charge on any atom is 0.417 e. The van der Waals surface area contributed by atoms with Crippen molar-refractivity contribution in [1.29, 1.82) is 5.26 Å². The summed E-state index contributed by atoms with van der Waals surface area (Å²) in [7, 11) is 0. The van der Waals surface area contributed by atoms with E-state index in [-0.39, 0.29) is 52.1 Å². The Hall–Kier alpha value is -6.26. The number of amides is 6. The molecule has 1 atom stereocenters. The van der Waals surface area contributed by atoms with Gasteiger partial charge in [0.05, 0.1) is 39.6 Å². The number of rotatable bonds is 6. The number of hydrogen-bond donors (Lipinski definition) is 1. The molecule has 6 amide bonds. The van der Waals surface area contributed by atoms with Crippen LogP contribution < -0.4 is 20.0 Å². The molecule has 5 heterocycles. The quantitative estimate of drug-likeness (QED) is 0.210. The van der Waals surface area contributed by atoms with Gasteiger partial charge in [0.15, 0.2) is 5.11 Å². The number of alkyl halides is 3. The van der Waals surface area contributed by atoms with Gasteiger partial charge in [-0.25, -0.2) is 4.39 Å². The Bertz CT molecular complexity index is 2520. The Kier molecular flexibility index (Phi) is 10.1. The zero-order valence-corrected chi connectivity index (χ0v) is 33.9. The number of imide groups is 2. The molecule has 1 unspecified atom stereocenters. The topological polar surface area (TPSA) is 158 Å². The number of hydrogen-bond acceptors (Lipinski definition) is 10. The third-order valence-electron chi connectivity index (χ3n) is 13.1. The molecule has 5 fully saturated rings. The first-order chi connectivity index (χ1) is 29.6. The Balaban J connectivity index is 0.819. The highest BCUT2D eigenvalue weighted by Crippen LogP contribution is 2.48. The summed E-state index contributed by atoms with van der Waals surface area (Å²) in [6, 6.07) is 12.7. The predicted molar refractivity (Wildman–Crippen MR) is 218 cm³/mol. The lowest BCUT2D eigenvalue weighted by atomic mass is 9.75. The Morgan fingerprint density at radius 3 is 2.13 bits per heavy atom. The number of nitrogens with zero attached hydrogens (tertiary/aromatic N) is 7. The molecule has 1 aliphatic carbocycles. The molecular weight excluding hydrogens is 833 g/mol. The lowest BCUT2D eigenvalue weighted by Crippen LogP contribution is -2.55. The Morgan fingerprint density at radius 2 is 1.50 bits per heavy atom. The van der Waals surface area contributed by atoms with Gasteiger partial charge < -0.3 is 14.7 Å². The van der Waals surface area contributed by atoms with Crippen LogP contribution in [0.5, 0.6) is 0 Å². The summed E-state index contributed by atoms with van der Waals surface area (Å²) in [5.41, 5.74) is -1.94. The van der Waals surface area contributed by atoms with Crippen molar-refractivity contribution in [2.75, 3.05) is 54.0 Å². The fourth-order valence-corrected chi connectivity index (χ4v) is 10.1. The lowest BCUT2D eigenvalue weighted by molar-refractivity contribution is -0.138. The first-order valence-corrected chi connectivity index (χ1v) is 20.8. The van der Waals surface area contributed by atoms with Gasteiger partial charge in [-0.05, 0) is 105 Å². The lowest BCUT2D eigenvalue weighted by Gasteiger charge is -2.43. The summed E-state index contributed by atoms with van der Waals surface area (Å²) >= 11 is 5.67. The molecule has 9 rings (SSSR count). The second-order valence-electron chi connectivity index (χ2n) is 16.4. The zero-order valence-electron chi connectivity index (χ0n) is 33.0. The number of nitriles is 1. The highest BCUT2D eigenvalue weighted by molar-refractivity contribution is 7.81. The highest BCUT2D eigenvalue weighted by atomic mass is 32.1. The minimum Gasteiger partial charge on any atom is -0.371 e. The minimum atomic E-state index is -4.86. The highest BCUT2D eigenvalue weighted by Gasteiger charge is 2.60. The van der Waals surface area contributed by atoms with Crippen LogP contribution in [0.3, 0.4) is 0 Å². The maximum atomic E-state index is 15.9. The van der Waals surface area contributed by atoms with Crippen LogP contribution in [0.25, 0.3) is 0 Å². The van der Waals surface area contributed by atoms with Gasteiger partial charge in [0.1, 0.15) is 17.4 Å². The molecular formula is C43H38F4N8O6S. The number of piperidine rings is 2. The van der Waals surface area contributed by atoms with E-state index in [1.807, 2.05) is 0 Å². The normalized spacial score (nSPS) is 22.0. The van der Waals surface area contributed by atoms with Crippen LogP contribution in [0.1, 0.15) is 87.1 Å². The average Bonchev–Trinajstić information content (AvgIpc) is 3.64. The van der Waals surface area contributed by atoms with Crippen molar-refractivity contribution in [1.82, 2.24) is 20.0 Å². The van der Waals surface area contributed by atoms with Gasteiger partial charge >= 0.3 is 6.18 Å². The third-order valence-corrected chi connectivity index (χ3v) is 13.5. The van der Waals surface area contributed by atoms with E-state index >= 15 is 4.39 Å². The molecule has 1 spiro atoms. The largest absolute Gasteiger partial charge is 0.417 e. The first kappa shape index (κ1) is 41.1. The number of anilines is 3. The van der Waals surface area contributed by atoms with Crippen LogP contribution in [0, 0.1) is 17.1 Å². The Morgan fingerprint density at radius 1 is 0.823 bits per heavy atom. The summed E-state index contributed by atoms with van der Waals surface area (Å²) in [6.07, 6.45) is -1.84. The molecule has 320 valence electrons. The second kappa shape index (κ2) is 15.3. The molecule has 5 aliphatic heterocycles. The fraction of sp³-hybridized carbons (Fsp3) is 0.395. The van der Waals surface area contributed by atoms with Crippen molar-refractivity contribution in [3.63, 3.8) is 0 Å². The van der Waals surface area contributed by atoms with Gasteiger partial charge in [0.2, 0.25) is 11.8 Å². The summed E-state index contributed by atoms with van der Waals surface area (Å²) in [6.45, 7) is 3.19. The van der Waals surface area contributed by atoms with Gasteiger partial charge in [-0.3, -0.25) is 48.8 Å². The van der Waals surface area contributed by atoms with Gasteiger partial charge in [-0.15, -0.1) is 0 Å². The molecule has 19 heteroatoms. The zero-order chi connectivity index (χ0) is 43.8. The van der Waals surface area contributed by atoms with Crippen LogP contribution in [0.2, 0.25) is 0 Å². The summed E-state index contributed by atoms with van der Waals surface area (Å²) < 4.78 is 57.4. The van der Waals surface area contributed by atoms with Crippen LogP contribution in [-0.4, -0.2) is 112 Å². The average molecular weight is 871 g/mol. The monoisotopic (exact) mass is 870 g/mol. The Labute approximate surface area is 357 Å². The molecule has 0 aromatic heterocycles. The van der Waals surface area contributed by atoms with Crippen LogP contribution in [0.4, 0.5) is 34.6 Å². The van der Waals surface area contributed by atoms with E-state index in [0.29, 0.717) is 58.5 Å². The number of carbonyl (C=O) groups excluding carboxylic acids is 6. The van der Waals surface area contributed by atoms with Crippen molar-refractivity contribution in [2.24, 2.45) is 0 Å². The first-order valence-electron chi connectivity index (χ1n) is 20.3. The van der Waals surface area contributed by atoms with Crippen LogP contribution in [-0.2, 0) is 20.6 Å². The molecule has 1 N–H and O–H groups in total. The minimum absolute atomic E-state index is 0.0385. The molecule has 3 aromatic rings. The summed E-state index contributed by atoms with van der Waals surface area (Å²) in [5.74, 6) is -4.10. The second-order valence-corrected chi connectivity index (χ2v) is 16.7. The van der Waals surface area contributed by atoms with Crippen molar-refractivity contribution < 1.29 is 46.3 Å². The van der Waals surface area contributed by atoms with E-state index in [2.05, 4.69) is 15.1 Å². The van der Waals surface area contributed by atoms with Gasteiger partial charge in [0, 0.05) is 63.1 Å². The van der Waals surface area contributed by atoms with Crippen LogP contribution >= 0.6 is 12.2 Å². The SMILES string of the molecule is N#Cc1ccc(N2C(=O)C3(CCC3)N(c3ccc(C(=O)N4CCN(C5CCN(c6ccc7c(c6)C(=O)N(C6CCC(=O)NC6=O)C7=O)CC5)CC4)c(F)c3)C2=S)cc1C(F)(F)F. The van der Waals surface area contributed by atoms with E-state index in [4.69, 9.17) is 12.2 Å². The number of carbonyl (C=O) groups is 6. The molecule has 3 aromatic carbocycles. The van der Waals surface area contributed by atoms with E-state index in [1.54, 1.807) is 23.1 Å².